The number of hydrogen-bond donors (Lipinski definition) is 2. The Labute approximate surface area is 103 Å². The summed E-state index contributed by atoms with van der Waals surface area (Å²) in [6, 6.07) is 0.129. The lowest BCUT2D eigenvalue weighted by Gasteiger charge is -2.31. The number of carbonyl (C=O) groups excluding carboxylic acids is 2. The second-order valence-electron chi connectivity index (χ2n) is 5.35. The summed E-state index contributed by atoms with van der Waals surface area (Å²) in [5.41, 5.74) is -0.124. The highest BCUT2D eigenvalue weighted by Crippen LogP contribution is 2.41. The van der Waals surface area contributed by atoms with Crippen molar-refractivity contribution in [1.29, 1.82) is 0 Å². The maximum absolute atomic E-state index is 12.3. The van der Waals surface area contributed by atoms with Gasteiger partial charge in [-0.3, -0.25) is 9.59 Å². The standard InChI is InChI=1S/C13H22N2O2/c1-2-13(7-3-4-8-13)12(17)15-10-5-6-11(16)14-9-10/h10H,2-9H2,1H3,(H,14,16)(H,15,17). The molecule has 1 saturated carbocycles. The molecule has 2 amide bonds. The lowest BCUT2D eigenvalue weighted by Crippen LogP contribution is -2.51. The Hall–Kier alpha value is -1.06. The van der Waals surface area contributed by atoms with E-state index in [1.165, 1.54) is 12.8 Å². The molecule has 2 N–H and O–H groups in total. The summed E-state index contributed by atoms with van der Waals surface area (Å²) in [6.07, 6.45) is 6.62. The third kappa shape index (κ3) is 2.61. The van der Waals surface area contributed by atoms with Crippen LogP contribution in [0.4, 0.5) is 0 Å². The molecular formula is C13H22N2O2. The van der Waals surface area contributed by atoms with Gasteiger partial charge >= 0.3 is 0 Å². The molecule has 4 nitrogen and oxygen atoms in total. The van der Waals surface area contributed by atoms with E-state index in [9.17, 15) is 9.59 Å². The van der Waals surface area contributed by atoms with E-state index in [-0.39, 0.29) is 23.3 Å². The molecule has 2 aliphatic rings. The van der Waals surface area contributed by atoms with Gasteiger partial charge in [0.25, 0.3) is 0 Å². The van der Waals surface area contributed by atoms with Crippen LogP contribution in [0.2, 0.25) is 0 Å². The van der Waals surface area contributed by atoms with E-state index in [2.05, 4.69) is 17.6 Å². The quantitative estimate of drug-likeness (QED) is 0.779. The highest BCUT2D eigenvalue weighted by Gasteiger charge is 2.40. The molecule has 0 bridgehead atoms. The van der Waals surface area contributed by atoms with Gasteiger partial charge in [-0.15, -0.1) is 0 Å². The Balaban J connectivity index is 1.89. The normalized spacial score (nSPS) is 27.6. The van der Waals surface area contributed by atoms with Gasteiger partial charge in [0, 0.05) is 24.4 Å². The molecular weight excluding hydrogens is 216 g/mol. The fraction of sp³-hybridized carbons (Fsp3) is 0.846. The summed E-state index contributed by atoms with van der Waals surface area (Å²) >= 11 is 0. The molecule has 0 radical (unpaired) electrons. The van der Waals surface area contributed by atoms with Crippen LogP contribution >= 0.6 is 0 Å². The van der Waals surface area contributed by atoms with Gasteiger partial charge in [-0.05, 0) is 25.7 Å². The van der Waals surface area contributed by atoms with Crippen LogP contribution in [0.1, 0.15) is 51.9 Å². The van der Waals surface area contributed by atoms with Crippen LogP contribution in [0, 0.1) is 5.41 Å². The van der Waals surface area contributed by atoms with Crippen LogP contribution in [0.3, 0.4) is 0 Å². The Morgan fingerprint density at radius 1 is 1.47 bits per heavy atom. The van der Waals surface area contributed by atoms with Crippen molar-refractivity contribution >= 4 is 11.8 Å². The van der Waals surface area contributed by atoms with Crippen LogP contribution in [-0.2, 0) is 9.59 Å². The molecule has 1 atom stereocenters. The fourth-order valence-corrected chi connectivity index (χ4v) is 2.99. The number of carbonyl (C=O) groups is 2. The SMILES string of the molecule is CCC1(C(=O)NC2CCC(=O)NC2)CCCC1. The lowest BCUT2D eigenvalue weighted by atomic mass is 9.82. The van der Waals surface area contributed by atoms with Crippen molar-refractivity contribution < 1.29 is 9.59 Å². The lowest BCUT2D eigenvalue weighted by molar-refractivity contribution is -0.133. The monoisotopic (exact) mass is 238 g/mol. The Kier molecular flexibility index (Phi) is 3.69. The van der Waals surface area contributed by atoms with Gasteiger partial charge in [0.15, 0.2) is 0 Å². The predicted octanol–water partition coefficient (Wildman–Crippen LogP) is 1.35. The van der Waals surface area contributed by atoms with E-state index in [1.54, 1.807) is 0 Å². The van der Waals surface area contributed by atoms with Crippen molar-refractivity contribution in [3.05, 3.63) is 0 Å². The minimum Gasteiger partial charge on any atom is -0.354 e. The Morgan fingerprint density at radius 2 is 2.18 bits per heavy atom. The summed E-state index contributed by atoms with van der Waals surface area (Å²) in [5, 5.41) is 5.92. The molecule has 1 aliphatic heterocycles. The number of hydrogen-bond acceptors (Lipinski definition) is 2. The van der Waals surface area contributed by atoms with Crippen molar-refractivity contribution in [2.75, 3.05) is 6.54 Å². The molecule has 96 valence electrons. The molecule has 0 aromatic rings. The minimum absolute atomic E-state index is 0.0987. The van der Waals surface area contributed by atoms with Gasteiger partial charge in [0.2, 0.25) is 11.8 Å². The van der Waals surface area contributed by atoms with Crippen LogP contribution < -0.4 is 10.6 Å². The van der Waals surface area contributed by atoms with Gasteiger partial charge in [-0.25, -0.2) is 0 Å². The van der Waals surface area contributed by atoms with Gasteiger partial charge in [0.1, 0.15) is 0 Å². The first-order chi connectivity index (χ1) is 8.16. The fourth-order valence-electron chi connectivity index (χ4n) is 2.99. The van der Waals surface area contributed by atoms with Crippen molar-refractivity contribution in [3.63, 3.8) is 0 Å². The smallest absolute Gasteiger partial charge is 0.226 e. The van der Waals surface area contributed by atoms with E-state index >= 15 is 0 Å². The van der Waals surface area contributed by atoms with Gasteiger partial charge in [0.05, 0.1) is 0 Å². The summed E-state index contributed by atoms with van der Waals surface area (Å²) in [6.45, 7) is 2.69. The van der Waals surface area contributed by atoms with Crippen molar-refractivity contribution in [3.8, 4) is 0 Å². The molecule has 4 heteroatoms. The van der Waals surface area contributed by atoms with E-state index < -0.39 is 0 Å². The third-order valence-corrected chi connectivity index (χ3v) is 4.32. The van der Waals surface area contributed by atoms with Gasteiger partial charge in [-0.1, -0.05) is 19.8 Å². The van der Waals surface area contributed by atoms with Gasteiger partial charge in [-0.2, -0.15) is 0 Å². The molecule has 0 spiro atoms. The number of nitrogens with one attached hydrogen (secondary N) is 2. The highest BCUT2D eigenvalue weighted by atomic mass is 16.2. The number of piperidine rings is 1. The average Bonchev–Trinajstić information content (AvgIpc) is 2.82. The van der Waals surface area contributed by atoms with Gasteiger partial charge < -0.3 is 10.6 Å². The first kappa shape index (κ1) is 12.4. The largest absolute Gasteiger partial charge is 0.354 e. The van der Waals surface area contributed by atoms with E-state index in [4.69, 9.17) is 0 Å². The molecule has 1 aliphatic carbocycles. The molecule has 0 aromatic heterocycles. The summed E-state index contributed by atoms with van der Waals surface area (Å²) < 4.78 is 0. The molecule has 0 aromatic carbocycles. The molecule has 1 unspecified atom stereocenters. The van der Waals surface area contributed by atoms with Crippen LogP contribution in [0.25, 0.3) is 0 Å². The highest BCUT2D eigenvalue weighted by molar-refractivity contribution is 5.83. The number of rotatable bonds is 3. The summed E-state index contributed by atoms with van der Waals surface area (Å²) in [7, 11) is 0. The average molecular weight is 238 g/mol. The number of amides is 2. The topological polar surface area (TPSA) is 58.2 Å². The summed E-state index contributed by atoms with van der Waals surface area (Å²) in [4.78, 5) is 23.4. The molecule has 1 heterocycles. The Morgan fingerprint density at radius 3 is 2.71 bits per heavy atom. The van der Waals surface area contributed by atoms with Crippen molar-refractivity contribution in [2.45, 2.75) is 57.9 Å². The molecule has 1 saturated heterocycles. The van der Waals surface area contributed by atoms with E-state index in [0.717, 1.165) is 25.7 Å². The van der Waals surface area contributed by atoms with Crippen molar-refractivity contribution in [2.24, 2.45) is 5.41 Å². The van der Waals surface area contributed by atoms with E-state index in [1.807, 2.05) is 0 Å². The van der Waals surface area contributed by atoms with Crippen LogP contribution in [-0.4, -0.2) is 24.4 Å². The zero-order valence-corrected chi connectivity index (χ0v) is 10.6. The molecule has 2 fully saturated rings. The first-order valence-electron chi connectivity index (χ1n) is 6.74. The second kappa shape index (κ2) is 5.07. The molecule has 17 heavy (non-hydrogen) atoms. The predicted molar refractivity (Wildman–Crippen MR) is 65.4 cm³/mol. The maximum Gasteiger partial charge on any atom is 0.226 e. The van der Waals surface area contributed by atoms with Crippen LogP contribution in [0.15, 0.2) is 0 Å². The molecule has 2 rings (SSSR count). The Bertz CT molecular complexity index is 299. The van der Waals surface area contributed by atoms with Crippen molar-refractivity contribution in [1.82, 2.24) is 10.6 Å². The minimum atomic E-state index is -0.124. The first-order valence-corrected chi connectivity index (χ1v) is 6.74. The zero-order valence-electron chi connectivity index (χ0n) is 10.6. The van der Waals surface area contributed by atoms with Crippen LogP contribution in [0.5, 0.6) is 0 Å². The van der Waals surface area contributed by atoms with E-state index in [0.29, 0.717) is 13.0 Å². The zero-order chi connectivity index (χ0) is 12.3. The third-order valence-electron chi connectivity index (χ3n) is 4.32. The summed E-state index contributed by atoms with van der Waals surface area (Å²) in [5.74, 6) is 0.306. The maximum atomic E-state index is 12.3. The second-order valence-corrected chi connectivity index (χ2v) is 5.35.